The van der Waals surface area contributed by atoms with Crippen molar-refractivity contribution in [1.29, 1.82) is 0 Å². The van der Waals surface area contributed by atoms with Crippen molar-refractivity contribution in [3.05, 3.63) is 52.8 Å². The predicted molar refractivity (Wildman–Crippen MR) is 64.3 cm³/mol. The Labute approximate surface area is 106 Å². The van der Waals surface area contributed by atoms with Crippen LogP contribution in [0.2, 0.25) is 0 Å². The molecule has 0 fully saturated rings. The first-order chi connectivity index (χ1) is 8.59. The number of fused-ring (bicyclic) bond motifs is 2. The van der Waals surface area contributed by atoms with E-state index in [9.17, 15) is 14.1 Å². The van der Waals surface area contributed by atoms with Crippen LogP contribution < -0.4 is 0 Å². The maximum absolute atomic E-state index is 12.2. The van der Waals surface area contributed by atoms with E-state index in [-0.39, 0.29) is 28.0 Å². The molecule has 1 aliphatic carbocycles. The highest BCUT2D eigenvalue weighted by molar-refractivity contribution is 7.90. The van der Waals surface area contributed by atoms with Crippen LogP contribution >= 0.6 is 0 Å². The molecule has 1 heterocycles. The molecule has 0 amide bonds. The summed E-state index contributed by atoms with van der Waals surface area (Å²) in [7, 11) is 0. The van der Waals surface area contributed by atoms with Crippen molar-refractivity contribution in [3.8, 4) is 0 Å². The second kappa shape index (κ2) is 3.83. The summed E-state index contributed by atoms with van der Waals surface area (Å²) in [6.45, 7) is 0. The number of furan rings is 1. The van der Waals surface area contributed by atoms with Crippen molar-refractivity contribution in [3.63, 3.8) is 0 Å². The Balaban J connectivity index is 2.24. The second-order valence-corrected chi connectivity index (χ2v) is 5.28. The zero-order valence-electron chi connectivity index (χ0n) is 9.43. The first-order valence-electron chi connectivity index (χ1n) is 5.25. The van der Waals surface area contributed by atoms with Crippen LogP contribution in [0.25, 0.3) is 0 Å². The number of benzene rings is 1. The average Bonchev–Trinajstić information content (AvgIpc) is 2.81. The van der Waals surface area contributed by atoms with E-state index in [1.54, 1.807) is 24.3 Å². The number of hydrogen-bond acceptors (Lipinski definition) is 4. The molecule has 0 saturated heterocycles. The van der Waals surface area contributed by atoms with E-state index < -0.39 is 11.2 Å². The summed E-state index contributed by atoms with van der Waals surface area (Å²) >= 11 is -1.36. The number of hydrogen-bond donors (Lipinski definition) is 0. The van der Waals surface area contributed by atoms with Gasteiger partial charge in [0.05, 0.1) is 5.56 Å². The first kappa shape index (κ1) is 11.3. The minimum absolute atomic E-state index is 0.0103. The van der Waals surface area contributed by atoms with Crippen LogP contribution in [0.1, 0.15) is 32.0 Å². The molecule has 0 radical (unpaired) electrons. The fraction of sp³-hybridized carbons (Fsp3) is 0.0769. The minimum atomic E-state index is -1.36. The zero-order valence-corrected chi connectivity index (χ0v) is 10.2. The lowest BCUT2D eigenvalue weighted by atomic mass is 9.89. The number of carbonyl (C=O) groups is 2. The van der Waals surface area contributed by atoms with Gasteiger partial charge in [0, 0.05) is 28.4 Å². The molecule has 0 N–H and O–H groups in total. The van der Waals surface area contributed by atoms with Gasteiger partial charge >= 0.3 is 5.09 Å². The van der Waals surface area contributed by atoms with E-state index in [1.807, 2.05) is 0 Å². The highest BCUT2D eigenvalue weighted by Crippen LogP contribution is 2.30. The summed E-state index contributed by atoms with van der Waals surface area (Å²) in [5, 5.41) is 0.148. The first-order valence-corrected chi connectivity index (χ1v) is 6.81. The molecule has 1 aromatic carbocycles. The smallest absolute Gasteiger partial charge is 0.312 e. The van der Waals surface area contributed by atoms with Crippen LogP contribution in [0, 0.1) is 0 Å². The topological polar surface area (TPSA) is 70.3 Å². The number of carbonyl (C=O) groups excluding carboxylic acids is 2. The fourth-order valence-corrected chi connectivity index (χ4v) is 2.48. The van der Waals surface area contributed by atoms with E-state index in [4.69, 9.17) is 4.42 Å². The molecule has 1 aliphatic rings. The Hall–Kier alpha value is -1.85. The highest BCUT2D eigenvalue weighted by atomic mass is 32.2. The average molecular weight is 260 g/mol. The molecule has 0 aliphatic heterocycles. The van der Waals surface area contributed by atoms with Crippen LogP contribution in [-0.4, -0.2) is 22.4 Å². The van der Waals surface area contributed by atoms with Crippen LogP contribution in [0.3, 0.4) is 0 Å². The quantitative estimate of drug-likeness (QED) is 0.625. The lowest BCUT2D eigenvalue weighted by molar-refractivity contribution is 0.0957. The molecule has 1 aromatic heterocycles. The fourth-order valence-electron chi connectivity index (χ4n) is 1.99. The summed E-state index contributed by atoms with van der Waals surface area (Å²) in [5.74, 6) is -0.610. The molecular weight excluding hydrogens is 252 g/mol. The van der Waals surface area contributed by atoms with E-state index in [0.29, 0.717) is 11.1 Å². The van der Waals surface area contributed by atoms with Crippen molar-refractivity contribution in [2.24, 2.45) is 0 Å². The van der Waals surface area contributed by atoms with Crippen molar-refractivity contribution in [2.75, 3.05) is 6.26 Å². The van der Waals surface area contributed by atoms with Gasteiger partial charge in [0.15, 0.2) is 11.5 Å². The molecule has 18 heavy (non-hydrogen) atoms. The Morgan fingerprint density at radius 1 is 1.06 bits per heavy atom. The zero-order chi connectivity index (χ0) is 12.9. The summed E-state index contributed by atoms with van der Waals surface area (Å²) in [5.41, 5.74) is 0.894. The van der Waals surface area contributed by atoms with Gasteiger partial charge in [-0.05, 0) is 0 Å². The Morgan fingerprint density at radius 3 is 2.28 bits per heavy atom. The molecule has 5 heteroatoms. The van der Waals surface area contributed by atoms with Crippen LogP contribution in [-0.2, 0) is 11.2 Å². The standard InChI is InChI=1S/C13H8O4S/c1-18(16)10-6-9-11(14)7-4-2-3-5-8(7)12(15)13(9)17-10/h2-6H,1H3. The molecule has 1 unspecified atom stereocenters. The van der Waals surface area contributed by atoms with Gasteiger partial charge in [-0.1, -0.05) is 24.3 Å². The number of rotatable bonds is 1. The predicted octanol–water partition coefficient (Wildman–Crippen LogP) is 1.79. The minimum Gasteiger partial charge on any atom is -0.609 e. The van der Waals surface area contributed by atoms with Gasteiger partial charge in [0.1, 0.15) is 6.26 Å². The van der Waals surface area contributed by atoms with E-state index >= 15 is 0 Å². The molecule has 0 saturated carbocycles. The van der Waals surface area contributed by atoms with Crippen LogP contribution in [0.4, 0.5) is 0 Å². The van der Waals surface area contributed by atoms with Crippen molar-refractivity contribution in [1.82, 2.24) is 0 Å². The maximum atomic E-state index is 12.2. The lowest BCUT2D eigenvalue weighted by Gasteiger charge is -2.11. The Bertz CT molecular complexity index is 617. The molecule has 1 atom stereocenters. The number of ketones is 2. The lowest BCUT2D eigenvalue weighted by Crippen LogP contribution is -2.18. The van der Waals surface area contributed by atoms with E-state index in [2.05, 4.69) is 0 Å². The van der Waals surface area contributed by atoms with Gasteiger partial charge < -0.3 is 8.97 Å². The third-order valence-corrected chi connectivity index (χ3v) is 3.63. The molecule has 0 bridgehead atoms. The molecule has 0 spiro atoms. The molecule has 4 nitrogen and oxygen atoms in total. The maximum Gasteiger partial charge on any atom is 0.312 e. The highest BCUT2D eigenvalue weighted by Gasteiger charge is 2.35. The van der Waals surface area contributed by atoms with Crippen molar-refractivity contribution >= 4 is 22.7 Å². The van der Waals surface area contributed by atoms with Crippen molar-refractivity contribution in [2.45, 2.75) is 5.09 Å². The second-order valence-electron chi connectivity index (χ2n) is 3.97. The summed E-state index contributed by atoms with van der Waals surface area (Å²) in [6.07, 6.45) is 1.44. The van der Waals surface area contributed by atoms with Gasteiger partial charge in [0.25, 0.3) is 0 Å². The van der Waals surface area contributed by atoms with Crippen LogP contribution in [0.5, 0.6) is 0 Å². The summed E-state index contributed by atoms with van der Waals surface area (Å²) < 4.78 is 16.6. The molecule has 3 rings (SSSR count). The third-order valence-electron chi connectivity index (χ3n) is 2.86. The van der Waals surface area contributed by atoms with Gasteiger partial charge in [-0.25, -0.2) is 0 Å². The molecular formula is C13H8O4S. The SMILES string of the molecule is C[S+]([O-])c1cc2c(o1)C(=O)c1ccccc1C2=O. The van der Waals surface area contributed by atoms with Gasteiger partial charge in [-0.15, -0.1) is 0 Å². The van der Waals surface area contributed by atoms with Gasteiger partial charge in [0.2, 0.25) is 5.78 Å². The van der Waals surface area contributed by atoms with Gasteiger partial charge in [-0.2, -0.15) is 0 Å². The molecule has 90 valence electrons. The Morgan fingerprint density at radius 2 is 1.67 bits per heavy atom. The largest absolute Gasteiger partial charge is 0.609 e. The van der Waals surface area contributed by atoms with Crippen LogP contribution in [0.15, 0.2) is 39.8 Å². The normalized spacial score (nSPS) is 15.2. The molecule has 2 aromatic rings. The van der Waals surface area contributed by atoms with Crippen molar-refractivity contribution < 1.29 is 18.6 Å². The third kappa shape index (κ3) is 1.45. The van der Waals surface area contributed by atoms with E-state index in [0.717, 1.165) is 0 Å². The summed E-state index contributed by atoms with van der Waals surface area (Å²) in [4.78, 5) is 24.3. The van der Waals surface area contributed by atoms with E-state index in [1.165, 1.54) is 12.3 Å². The van der Waals surface area contributed by atoms with Gasteiger partial charge in [-0.3, -0.25) is 9.59 Å². The Kier molecular flexibility index (Phi) is 2.39. The monoisotopic (exact) mass is 260 g/mol. The summed E-state index contributed by atoms with van der Waals surface area (Å²) in [6, 6.07) is 7.98.